The minimum Gasteiger partial charge on any atom is -0.364 e. The molecule has 2 N–H and O–H groups in total. The number of nitrogens with two attached hydrogens (primary N) is 1. The first-order chi connectivity index (χ1) is 8.47. The van der Waals surface area contributed by atoms with Crippen LogP contribution in [0.15, 0.2) is 22.7 Å². The van der Waals surface area contributed by atoms with Crippen molar-refractivity contribution in [2.45, 2.75) is 19.4 Å². The molecule has 1 aromatic rings. The number of anilines is 1. The van der Waals surface area contributed by atoms with Crippen LogP contribution in [0.3, 0.4) is 0 Å². The lowest BCUT2D eigenvalue weighted by atomic mass is 9.96. The van der Waals surface area contributed by atoms with Crippen molar-refractivity contribution in [1.29, 1.82) is 0 Å². The summed E-state index contributed by atoms with van der Waals surface area (Å²) in [6, 6.07) is 5.09. The van der Waals surface area contributed by atoms with E-state index < -0.39 is 0 Å². The second kappa shape index (κ2) is 5.24. The SMILES string of the molecule is CC1CC(N)CN(c2cc(Br)ccc2[N+](=O)[O-])C1. The smallest absolute Gasteiger partial charge is 0.292 e. The molecule has 2 atom stereocenters. The van der Waals surface area contributed by atoms with Crippen molar-refractivity contribution in [2.75, 3.05) is 18.0 Å². The molecule has 1 heterocycles. The molecular formula is C12H16BrN3O2. The largest absolute Gasteiger partial charge is 0.364 e. The van der Waals surface area contributed by atoms with Gasteiger partial charge in [-0.3, -0.25) is 10.1 Å². The second-order valence-electron chi connectivity index (χ2n) is 4.90. The minimum absolute atomic E-state index is 0.0762. The van der Waals surface area contributed by atoms with Crippen molar-refractivity contribution in [3.05, 3.63) is 32.8 Å². The molecule has 1 aromatic carbocycles. The van der Waals surface area contributed by atoms with Crippen LogP contribution in [0.25, 0.3) is 0 Å². The van der Waals surface area contributed by atoms with Gasteiger partial charge in [0.05, 0.1) is 4.92 Å². The lowest BCUT2D eigenvalue weighted by Gasteiger charge is -2.36. The summed E-state index contributed by atoms with van der Waals surface area (Å²) < 4.78 is 0.842. The molecule has 1 aliphatic heterocycles. The first-order valence-corrected chi connectivity index (χ1v) is 6.71. The van der Waals surface area contributed by atoms with Crippen molar-refractivity contribution < 1.29 is 4.92 Å². The fourth-order valence-corrected chi connectivity index (χ4v) is 2.85. The number of nitro benzene ring substituents is 1. The average molecular weight is 314 g/mol. The van der Waals surface area contributed by atoms with E-state index in [0.29, 0.717) is 18.2 Å². The summed E-state index contributed by atoms with van der Waals surface area (Å²) in [6.45, 7) is 3.60. The third kappa shape index (κ3) is 2.81. The highest BCUT2D eigenvalue weighted by molar-refractivity contribution is 9.10. The van der Waals surface area contributed by atoms with E-state index in [0.717, 1.165) is 17.4 Å². The van der Waals surface area contributed by atoms with E-state index in [1.54, 1.807) is 12.1 Å². The molecule has 2 rings (SSSR count). The molecule has 0 radical (unpaired) electrons. The van der Waals surface area contributed by atoms with Gasteiger partial charge in [0.2, 0.25) is 0 Å². The van der Waals surface area contributed by atoms with Crippen LogP contribution in [-0.4, -0.2) is 24.1 Å². The molecule has 2 unspecified atom stereocenters. The highest BCUT2D eigenvalue weighted by Crippen LogP contribution is 2.33. The van der Waals surface area contributed by atoms with Crippen molar-refractivity contribution >= 4 is 27.3 Å². The van der Waals surface area contributed by atoms with Gasteiger partial charge in [-0.1, -0.05) is 22.9 Å². The maximum Gasteiger partial charge on any atom is 0.292 e. The van der Waals surface area contributed by atoms with Crippen LogP contribution in [0.1, 0.15) is 13.3 Å². The Morgan fingerprint density at radius 1 is 1.50 bits per heavy atom. The van der Waals surface area contributed by atoms with E-state index in [1.807, 2.05) is 4.90 Å². The fourth-order valence-electron chi connectivity index (χ4n) is 2.50. The molecule has 0 aromatic heterocycles. The number of benzene rings is 1. The molecule has 98 valence electrons. The van der Waals surface area contributed by atoms with Gasteiger partial charge < -0.3 is 10.6 Å². The zero-order chi connectivity index (χ0) is 13.3. The molecule has 1 fully saturated rings. The monoisotopic (exact) mass is 313 g/mol. The van der Waals surface area contributed by atoms with Gasteiger partial charge in [-0.05, 0) is 24.5 Å². The number of rotatable bonds is 2. The van der Waals surface area contributed by atoms with E-state index in [2.05, 4.69) is 22.9 Å². The van der Waals surface area contributed by atoms with E-state index in [1.165, 1.54) is 6.07 Å². The summed E-state index contributed by atoms with van der Waals surface area (Å²) in [6.07, 6.45) is 0.971. The van der Waals surface area contributed by atoms with Gasteiger partial charge in [-0.25, -0.2) is 0 Å². The van der Waals surface area contributed by atoms with Gasteiger partial charge in [0.15, 0.2) is 0 Å². The van der Waals surface area contributed by atoms with Crippen molar-refractivity contribution in [1.82, 2.24) is 0 Å². The second-order valence-corrected chi connectivity index (χ2v) is 5.81. The number of nitrogens with zero attached hydrogens (tertiary/aromatic N) is 2. The fraction of sp³-hybridized carbons (Fsp3) is 0.500. The van der Waals surface area contributed by atoms with Gasteiger partial charge in [0.25, 0.3) is 5.69 Å². The standard InChI is InChI=1S/C12H16BrN3O2/c1-8-4-10(14)7-15(6-8)12-5-9(13)2-3-11(12)16(17)18/h2-3,5,8,10H,4,6-7,14H2,1H3. The Hall–Kier alpha value is -1.14. The first kappa shape index (κ1) is 13.3. The summed E-state index contributed by atoms with van der Waals surface area (Å²) in [5, 5.41) is 11.1. The molecule has 1 aliphatic rings. The Balaban J connectivity index is 2.36. The van der Waals surface area contributed by atoms with Gasteiger partial charge in [0, 0.05) is 29.7 Å². The molecule has 0 aliphatic carbocycles. The number of hydrogen-bond acceptors (Lipinski definition) is 4. The summed E-state index contributed by atoms with van der Waals surface area (Å²) >= 11 is 3.36. The van der Waals surface area contributed by atoms with Crippen LogP contribution < -0.4 is 10.6 Å². The van der Waals surface area contributed by atoms with Crippen LogP contribution in [0.5, 0.6) is 0 Å². The van der Waals surface area contributed by atoms with E-state index in [4.69, 9.17) is 5.73 Å². The Morgan fingerprint density at radius 3 is 2.83 bits per heavy atom. The number of piperidine rings is 1. The summed E-state index contributed by atoms with van der Waals surface area (Å²) in [5.41, 5.74) is 6.78. The Labute approximate surface area is 114 Å². The van der Waals surface area contributed by atoms with E-state index in [-0.39, 0.29) is 16.7 Å². The zero-order valence-electron chi connectivity index (χ0n) is 10.2. The highest BCUT2D eigenvalue weighted by atomic mass is 79.9. The lowest BCUT2D eigenvalue weighted by molar-refractivity contribution is -0.384. The molecule has 5 nitrogen and oxygen atoms in total. The van der Waals surface area contributed by atoms with Crippen LogP contribution >= 0.6 is 15.9 Å². The number of hydrogen-bond donors (Lipinski definition) is 1. The number of nitro groups is 1. The molecule has 0 bridgehead atoms. The first-order valence-electron chi connectivity index (χ1n) is 5.92. The zero-order valence-corrected chi connectivity index (χ0v) is 11.8. The predicted molar refractivity (Wildman–Crippen MR) is 74.8 cm³/mol. The third-order valence-corrected chi connectivity index (χ3v) is 3.66. The van der Waals surface area contributed by atoms with Gasteiger partial charge in [-0.2, -0.15) is 0 Å². The summed E-state index contributed by atoms with van der Waals surface area (Å²) in [7, 11) is 0. The molecular weight excluding hydrogens is 298 g/mol. The van der Waals surface area contributed by atoms with Crippen LogP contribution in [0.2, 0.25) is 0 Å². The minimum atomic E-state index is -0.341. The maximum absolute atomic E-state index is 11.1. The third-order valence-electron chi connectivity index (χ3n) is 3.17. The molecule has 18 heavy (non-hydrogen) atoms. The van der Waals surface area contributed by atoms with Gasteiger partial charge >= 0.3 is 0 Å². The van der Waals surface area contributed by atoms with E-state index in [9.17, 15) is 10.1 Å². The molecule has 0 spiro atoms. The Kier molecular flexibility index (Phi) is 3.87. The maximum atomic E-state index is 11.1. The molecule has 0 amide bonds. The summed E-state index contributed by atoms with van der Waals surface area (Å²) in [5.74, 6) is 0.451. The summed E-state index contributed by atoms with van der Waals surface area (Å²) in [4.78, 5) is 12.7. The van der Waals surface area contributed by atoms with Crippen LogP contribution in [-0.2, 0) is 0 Å². The molecule has 6 heteroatoms. The normalized spacial score (nSPS) is 24.1. The van der Waals surface area contributed by atoms with Gasteiger partial charge in [0.1, 0.15) is 5.69 Å². The topological polar surface area (TPSA) is 72.4 Å². The quantitative estimate of drug-likeness (QED) is 0.672. The predicted octanol–water partition coefficient (Wildman–Crippen LogP) is 2.53. The van der Waals surface area contributed by atoms with Crippen molar-refractivity contribution in [2.24, 2.45) is 11.7 Å². The van der Waals surface area contributed by atoms with Crippen LogP contribution in [0, 0.1) is 16.0 Å². The average Bonchev–Trinajstić information content (AvgIpc) is 2.27. The Morgan fingerprint density at radius 2 is 2.22 bits per heavy atom. The van der Waals surface area contributed by atoms with Gasteiger partial charge in [-0.15, -0.1) is 0 Å². The van der Waals surface area contributed by atoms with Crippen molar-refractivity contribution in [3.63, 3.8) is 0 Å². The lowest BCUT2D eigenvalue weighted by Crippen LogP contribution is -2.46. The van der Waals surface area contributed by atoms with Crippen molar-refractivity contribution in [3.8, 4) is 0 Å². The van der Waals surface area contributed by atoms with Crippen LogP contribution in [0.4, 0.5) is 11.4 Å². The Bertz CT molecular complexity index is 457. The highest BCUT2D eigenvalue weighted by Gasteiger charge is 2.27. The molecule has 0 saturated carbocycles. The van der Waals surface area contributed by atoms with E-state index >= 15 is 0 Å². The molecule has 1 saturated heterocycles. The number of halogens is 1.